The van der Waals surface area contributed by atoms with Crippen molar-refractivity contribution in [3.63, 3.8) is 0 Å². The summed E-state index contributed by atoms with van der Waals surface area (Å²) in [6.45, 7) is 0.167. The maximum Gasteiger partial charge on any atom is 0.422 e. The number of halogens is 8. The third-order valence-electron chi connectivity index (χ3n) is 5.37. The normalized spacial score (nSPS) is 18.2. The van der Waals surface area contributed by atoms with E-state index in [1.54, 1.807) is 14.1 Å². The maximum atomic E-state index is 14.1. The van der Waals surface area contributed by atoms with E-state index in [1.165, 1.54) is 0 Å². The van der Waals surface area contributed by atoms with E-state index in [1.807, 2.05) is 0 Å². The number of hydrogen-bond acceptors (Lipinski definition) is 4. The van der Waals surface area contributed by atoms with E-state index in [4.69, 9.17) is 0 Å². The first-order valence-electron chi connectivity index (χ1n) is 10.4. The molecule has 0 radical (unpaired) electrons. The molecular weight excluding hydrogens is 504 g/mol. The third-order valence-corrected chi connectivity index (χ3v) is 6.84. The molecule has 0 aromatic heterocycles. The summed E-state index contributed by atoms with van der Waals surface area (Å²) in [7, 11) is -0.806. The molecule has 0 bridgehead atoms. The predicted octanol–water partition coefficient (Wildman–Crippen LogP) is 2.88. The summed E-state index contributed by atoms with van der Waals surface area (Å²) in [5, 5.41) is 10.7. The second-order valence-electron chi connectivity index (χ2n) is 9.56. The topological polar surface area (TPSA) is 86.3 Å². The Kier molecular flexibility index (Phi) is 11.3. The number of hydrogen-bond donors (Lipinski definition) is 1. The van der Waals surface area contributed by atoms with Crippen LogP contribution < -0.4 is 9.83 Å². The Morgan fingerprint density at radius 3 is 1.74 bits per heavy atom. The molecule has 1 N–H and O–H groups in total. The van der Waals surface area contributed by atoms with Gasteiger partial charge in [-0.05, 0) is 45.4 Å². The fourth-order valence-corrected chi connectivity index (χ4v) is 4.54. The largest absolute Gasteiger partial charge is 0.544 e. The number of nitrogens with zero attached hydrogens (tertiary/aromatic N) is 1. The van der Waals surface area contributed by atoms with Gasteiger partial charge in [0.1, 0.15) is 6.54 Å². The number of aliphatic carboxylic acids is 1. The van der Waals surface area contributed by atoms with Crippen molar-refractivity contribution in [2.75, 3.05) is 39.5 Å². The number of carboxylic acids is 1. The smallest absolute Gasteiger partial charge is 0.422 e. The molecule has 0 saturated heterocycles. The van der Waals surface area contributed by atoms with Gasteiger partial charge in [-0.1, -0.05) is 0 Å². The molecule has 15 heteroatoms. The number of carboxylic acid groups (broad SMARTS) is 1. The number of carbonyl (C=O) groups is 1. The van der Waals surface area contributed by atoms with Crippen molar-refractivity contribution in [3.8, 4) is 0 Å². The lowest BCUT2D eigenvalue weighted by atomic mass is 9.82. The van der Waals surface area contributed by atoms with Crippen LogP contribution in [0.5, 0.6) is 0 Å². The van der Waals surface area contributed by atoms with Crippen LogP contribution in [0, 0.1) is 5.92 Å². The van der Waals surface area contributed by atoms with Crippen LogP contribution in [0.1, 0.15) is 46.0 Å². The number of likely N-dealkylation sites (N-methyl/N-ethyl adjacent to an activating group) is 1. The summed E-state index contributed by atoms with van der Waals surface area (Å²) in [5.41, 5.74) is -7.76. The van der Waals surface area contributed by atoms with Gasteiger partial charge in [0.2, 0.25) is 21.4 Å². The number of carbonyl (C=O) groups excluding carboxylic acids is 1. The quantitative estimate of drug-likeness (QED) is 0.198. The summed E-state index contributed by atoms with van der Waals surface area (Å²) in [5.74, 6) is -3.69. The SMILES string of the molecule is CC(F)(CC(CCCS(=O)(=O)NCCC[N+](C)(C)CC(=O)[O-])CC(C)(F)C(F)(F)F)C(F)(F)F. The van der Waals surface area contributed by atoms with E-state index < -0.39 is 77.0 Å². The van der Waals surface area contributed by atoms with Gasteiger partial charge in [0.25, 0.3) is 0 Å². The minimum absolute atomic E-state index is 0.0220. The maximum absolute atomic E-state index is 14.1. The van der Waals surface area contributed by atoms with Gasteiger partial charge in [-0.2, -0.15) is 26.3 Å². The molecule has 2 unspecified atom stereocenters. The van der Waals surface area contributed by atoms with E-state index in [-0.39, 0.29) is 44.4 Å². The van der Waals surface area contributed by atoms with Gasteiger partial charge in [-0.15, -0.1) is 0 Å². The highest BCUT2D eigenvalue weighted by Crippen LogP contribution is 2.45. The van der Waals surface area contributed by atoms with E-state index in [0.717, 1.165) is 0 Å². The molecule has 0 rings (SSSR count). The zero-order valence-corrected chi connectivity index (χ0v) is 20.3. The molecule has 34 heavy (non-hydrogen) atoms. The van der Waals surface area contributed by atoms with Crippen LogP contribution in [0.4, 0.5) is 35.1 Å². The second kappa shape index (κ2) is 11.7. The van der Waals surface area contributed by atoms with Crippen molar-refractivity contribution in [2.24, 2.45) is 5.92 Å². The number of sulfonamides is 1. The van der Waals surface area contributed by atoms with Crippen LogP contribution in [0.15, 0.2) is 0 Å². The van der Waals surface area contributed by atoms with Gasteiger partial charge in [-0.3, -0.25) is 0 Å². The van der Waals surface area contributed by atoms with Gasteiger partial charge < -0.3 is 14.4 Å². The van der Waals surface area contributed by atoms with Gasteiger partial charge in [0.15, 0.2) is 0 Å². The monoisotopic (exact) mass is 536 g/mol. The average molecular weight is 537 g/mol. The predicted molar refractivity (Wildman–Crippen MR) is 106 cm³/mol. The van der Waals surface area contributed by atoms with Gasteiger partial charge in [0, 0.05) is 13.0 Å². The van der Waals surface area contributed by atoms with Crippen LogP contribution >= 0.6 is 0 Å². The Labute approximate surface area is 194 Å². The summed E-state index contributed by atoms with van der Waals surface area (Å²) in [6.07, 6.45) is -14.5. The number of rotatable bonds is 15. The summed E-state index contributed by atoms with van der Waals surface area (Å²) >= 11 is 0. The molecule has 0 aromatic rings. The highest BCUT2D eigenvalue weighted by Gasteiger charge is 2.56. The van der Waals surface area contributed by atoms with Crippen LogP contribution in [0.25, 0.3) is 0 Å². The molecule has 0 saturated carbocycles. The Bertz CT molecular complexity index is 737. The average Bonchev–Trinajstić information content (AvgIpc) is 2.54. The Morgan fingerprint density at radius 2 is 1.35 bits per heavy atom. The molecule has 0 aliphatic rings. The van der Waals surface area contributed by atoms with Crippen LogP contribution in [-0.2, 0) is 14.8 Å². The minimum Gasteiger partial charge on any atom is -0.544 e. The van der Waals surface area contributed by atoms with Crippen molar-refractivity contribution in [1.82, 2.24) is 4.72 Å². The lowest BCUT2D eigenvalue weighted by Crippen LogP contribution is -2.49. The van der Waals surface area contributed by atoms with Crippen LogP contribution in [-0.4, -0.2) is 82.0 Å². The van der Waals surface area contributed by atoms with Crippen LogP contribution in [0.3, 0.4) is 0 Å². The van der Waals surface area contributed by atoms with Gasteiger partial charge in [-0.25, -0.2) is 21.9 Å². The fourth-order valence-electron chi connectivity index (χ4n) is 3.39. The Balaban J connectivity index is 5.01. The van der Waals surface area contributed by atoms with Crippen molar-refractivity contribution in [3.05, 3.63) is 0 Å². The zero-order chi connectivity index (χ0) is 27.2. The molecule has 0 aromatic carbocycles. The summed E-state index contributed by atoms with van der Waals surface area (Å²) < 4.78 is 132. The van der Waals surface area contributed by atoms with Crippen molar-refractivity contribution in [1.29, 1.82) is 0 Å². The van der Waals surface area contributed by atoms with E-state index in [9.17, 15) is 53.4 Å². The fraction of sp³-hybridized carbons (Fsp3) is 0.947. The van der Waals surface area contributed by atoms with E-state index >= 15 is 0 Å². The molecule has 0 spiro atoms. The molecular formula is C19H32F8N2O4S. The highest BCUT2D eigenvalue weighted by molar-refractivity contribution is 7.89. The number of nitrogens with one attached hydrogen (secondary N) is 1. The molecule has 2 atom stereocenters. The van der Waals surface area contributed by atoms with Crippen molar-refractivity contribution >= 4 is 16.0 Å². The molecule has 0 heterocycles. The standard InChI is InChI=1S/C19H32F8N2O4S/c1-16(20,18(22,23)24)11-14(12-17(2,21)19(25,26)27)7-5-10-34(32,33)28-8-6-9-29(3,4)13-15(30)31/h14,28H,5-13H2,1-4H3. The highest BCUT2D eigenvalue weighted by atomic mass is 32.2. The molecule has 6 nitrogen and oxygen atoms in total. The lowest BCUT2D eigenvalue weighted by Gasteiger charge is -2.32. The molecule has 204 valence electrons. The van der Waals surface area contributed by atoms with Gasteiger partial charge >= 0.3 is 12.4 Å². The number of alkyl halides is 8. The minimum atomic E-state index is -5.40. The lowest BCUT2D eigenvalue weighted by molar-refractivity contribution is -0.884. The Hall–Kier alpha value is -1.22. The number of quaternary nitrogens is 1. The van der Waals surface area contributed by atoms with Crippen LogP contribution in [0.2, 0.25) is 0 Å². The molecule has 0 aliphatic carbocycles. The third kappa shape index (κ3) is 12.0. The first-order valence-corrected chi connectivity index (χ1v) is 12.1. The first kappa shape index (κ1) is 32.8. The molecule has 0 aliphatic heterocycles. The molecule has 0 fully saturated rings. The Morgan fingerprint density at radius 1 is 0.912 bits per heavy atom. The summed E-state index contributed by atoms with van der Waals surface area (Å²) in [6, 6.07) is 0. The summed E-state index contributed by atoms with van der Waals surface area (Å²) in [4.78, 5) is 10.7. The first-order chi connectivity index (χ1) is 14.9. The molecule has 0 amide bonds. The van der Waals surface area contributed by atoms with Gasteiger partial charge in [0.05, 0.1) is 32.4 Å². The van der Waals surface area contributed by atoms with Crippen molar-refractivity contribution < 1.29 is 57.9 Å². The van der Waals surface area contributed by atoms with E-state index in [0.29, 0.717) is 0 Å². The zero-order valence-electron chi connectivity index (χ0n) is 19.5. The second-order valence-corrected chi connectivity index (χ2v) is 11.5. The van der Waals surface area contributed by atoms with Crippen molar-refractivity contribution in [2.45, 2.75) is 69.6 Å². The van der Waals surface area contributed by atoms with E-state index in [2.05, 4.69) is 4.72 Å².